The molecule has 0 atom stereocenters. The van der Waals surface area contributed by atoms with Gasteiger partial charge in [-0.15, -0.1) is 0 Å². The van der Waals surface area contributed by atoms with Crippen LogP contribution in [0.2, 0.25) is 0 Å². The lowest BCUT2D eigenvalue weighted by atomic mass is 10.1. The summed E-state index contributed by atoms with van der Waals surface area (Å²) in [4.78, 5) is 4.44. The zero-order valence-electron chi connectivity index (χ0n) is 11.3. The van der Waals surface area contributed by atoms with Crippen LogP contribution in [0.5, 0.6) is 0 Å². The minimum Gasteiger partial charge on any atom is -0.337 e. The standard InChI is InChI=1S/C14H19N3O/c1-5-10-6-8-11(9-7-10)12-16-13(18-17-12)14(2,3)15-4/h6-9,15H,5H2,1-4H3. The molecule has 0 aliphatic rings. The Kier molecular flexibility index (Phi) is 3.48. The van der Waals surface area contributed by atoms with Crippen molar-refractivity contribution in [3.8, 4) is 11.4 Å². The van der Waals surface area contributed by atoms with Crippen LogP contribution in [0.4, 0.5) is 0 Å². The van der Waals surface area contributed by atoms with Gasteiger partial charge in [0.2, 0.25) is 11.7 Å². The van der Waals surface area contributed by atoms with E-state index in [0.29, 0.717) is 11.7 Å². The van der Waals surface area contributed by atoms with Crippen LogP contribution < -0.4 is 5.32 Å². The van der Waals surface area contributed by atoms with Gasteiger partial charge in [-0.25, -0.2) is 0 Å². The van der Waals surface area contributed by atoms with E-state index in [-0.39, 0.29) is 5.54 Å². The van der Waals surface area contributed by atoms with Crippen LogP contribution in [0.25, 0.3) is 11.4 Å². The molecular formula is C14H19N3O. The molecule has 1 aromatic carbocycles. The molecule has 0 saturated carbocycles. The van der Waals surface area contributed by atoms with Gasteiger partial charge in [0.1, 0.15) is 0 Å². The second-order valence-electron chi connectivity index (χ2n) is 4.85. The van der Waals surface area contributed by atoms with E-state index in [1.165, 1.54) is 5.56 Å². The molecule has 0 fully saturated rings. The van der Waals surface area contributed by atoms with Crippen molar-refractivity contribution in [1.82, 2.24) is 15.5 Å². The topological polar surface area (TPSA) is 51.0 Å². The van der Waals surface area contributed by atoms with Crippen molar-refractivity contribution in [2.75, 3.05) is 7.05 Å². The summed E-state index contributed by atoms with van der Waals surface area (Å²) in [7, 11) is 1.87. The number of benzene rings is 1. The third kappa shape index (κ3) is 2.43. The van der Waals surface area contributed by atoms with E-state index in [2.05, 4.69) is 34.5 Å². The minimum absolute atomic E-state index is 0.311. The largest absolute Gasteiger partial charge is 0.337 e. The van der Waals surface area contributed by atoms with Gasteiger partial charge in [0, 0.05) is 5.56 Å². The lowest BCUT2D eigenvalue weighted by molar-refractivity contribution is 0.281. The first-order chi connectivity index (χ1) is 8.56. The zero-order chi connectivity index (χ0) is 13.2. The summed E-state index contributed by atoms with van der Waals surface area (Å²) in [5.41, 5.74) is 1.97. The van der Waals surface area contributed by atoms with Gasteiger partial charge in [-0.1, -0.05) is 36.3 Å². The number of nitrogens with zero attached hydrogens (tertiary/aromatic N) is 2. The van der Waals surface area contributed by atoms with Crippen molar-refractivity contribution in [3.63, 3.8) is 0 Å². The van der Waals surface area contributed by atoms with Crippen molar-refractivity contribution < 1.29 is 4.52 Å². The molecule has 0 unspecified atom stereocenters. The van der Waals surface area contributed by atoms with Crippen LogP contribution in [-0.4, -0.2) is 17.2 Å². The molecule has 0 saturated heterocycles. The lowest BCUT2D eigenvalue weighted by Crippen LogP contribution is -2.33. The first kappa shape index (κ1) is 12.8. The van der Waals surface area contributed by atoms with Crippen molar-refractivity contribution in [1.29, 1.82) is 0 Å². The van der Waals surface area contributed by atoms with Crippen molar-refractivity contribution in [2.24, 2.45) is 0 Å². The monoisotopic (exact) mass is 245 g/mol. The SMILES string of the molecule is CCc1ccc(-c2noc(C(C)(C)NC)n2)cc1. The van der Waals surface area contributed by atoms with Crippen LogP contribution in [0.15, 0.2) is 28.8 Å². The van der Waals surface area contributed by atoms with Gasteiger partial charge < -0.3 is 9.84 Å². The highest BCUT2D eigenvalue weighted by atomic mass is 16.5. The van der Waals surface area contributed by atoms with Crippen LogP contribution >= 0.6 is 0 Å². The molecule has 0 bridgehead atoms. The van der Waals surface area contributed by atoms with Crippen molar-refractivity contribution >= 4 is 0 Å². The molecule has 0 aliphatic carbocycles. The molecule has 18 heavy (non-hydrogen) atoms. The third-order valence-electron chi connectivity index (χ3n) is 3.21. The Morgan fingerprint density at radius 1 is 1.22 bits per heavy atom. The maximum absolute atomic E-state index is 5.31. The Labute approximate surface area is 107 Å². The first-order valence-corrected chi connectivity index (χ1v) is 6.19. The highest BCUT2D eigenvalue weighted by molar-refractivity contribution is 5.54. The van der Waals surface area contributed by atoms with Crippen LogP contribution in [0.1, 0.15) is 32.2 Å². The van der Waals surface area contributed by atoms with Gasteiger partial charge in [0.25, 0.3) is 0 Å². The molecule has 0 radical (unpaired) electrons. The second-order valence-corrected chi connectivity index (χ2v) is 4.85. The number of rotatable bonds is 4. The molecule has 2 rings (SSSR count). The van der Waals surface area contributed by atoms with Crippen LogP contribution in [0, 0.1) is 0 Å². The highest BCUT2D eigenvalue weighted by Gasteiger charge is 2.25. The summed E-state index contributed by atoms with van der Waals surface area (Å²) in [5, 5.41) is 7.17. The van der Waals surface area contributed by atoms with E-state index in [1.54, 1.807) is 0 Å². The van der Waals surface area contributed by atoms with Crippen molar-refractivity contribution in [2.45, 2.75) is 32.7 Å². The molecule has 1 heterocycles. The number of hydrogen-bond acceptors (Lipinski definition) is 4. The Hall–Kier alpha value is -1.68. The van der Waals surface area contributed by atoms with Gasteiger partial charge in [-0.2, -0.15) is 4.98 Å². The van der Waals surface area contributed by atoms with Gasteiger partial charge in [-0.05, 0) is 32.9 Å². The summed E-state index contributed by atoms with van der Waals surface area (Å²) in [6, 6.07) is 8.24. The van der Waals surface area contributed by atoms with E-state index in [4.69, 9.17) is 4.52 Å². The first-order valence-electron chi connectivity index (χ1n) is 6.19. The van der Waals surface area contributed by atoms with Gasteiger partial charge in [0.05, 0.1) is 5.54 Å². The number of hydrogen-bond donors (Lipinski definition) is 1. The van der Waals surface area contributed by atoms with Crippen LogP contribution in [-0.2, 0) is 12.0 Å². The predicted octanol–water partition coefficient (Wildman–Crippen LogP) is 2.75. The van der Waals surface area contributed by atoms with Gasteiger partial charge in [0.15, 0.2) is 0 Å². The molecule has 96 valence electrons. The second kappa shape index (κ2) is 4.90. The fourth-order valence-electron chi connectivity index (χ4n) is 1.59. The van der Waals surface area contributed by atoms with Crippen LogP contribution in [0.3, 0.4) is 0 Å². The number of aryl methyl sites for hydroxylation is 1. The van der Waals surface area contributed by atoms with E-state index in [0.717, 1.165) is 12.0 Å². The maximum atomic E-state index is 5.31. The molecule has 1 aromatic heterocycles. The number of nitrogens with one attached hydrogen (secondary N) is 1. The molecule has 1 N–H and O–H groups in total. The normalized spacial score (nSPS) is 11.8. The molecule has 0 aliphatic heterocycles. The van der Waals surface area contributed by atoms with E-state index < -0.39 is 0 Å². The Morgan fingerprint density at radius 2 is 1.89 bits per heavy atom. The third-order valence-corrected chi connectivity index (χ3v) is 3.21. The Balaban J connectivity index is 2.29. The van der Waals surface area contributed by atoms with Gasteiger partial charge in [-0.3, -0.25) is 0 Å². The van der Waals surface area contributed by atoms with E-state index >= 15 is 0 Å². The Bertz CT molecular complexity index is 514. The summed E-state index contributed by atoms with van der Waals surface area (Å²) >= 11 is 0. The summed E-state index contributed by atoms with van der Waals surface area (Å²) in [6.45, 7) is 6.14. The van der Waals surface area contributed by atoms with E-state index in [9.17, 15) is 0 Å². The molecule has 4 nitrogen and oxygen atoms in total. The lowest BCUT2D eigenvalue weighted by Gasteiger charge is -2.17. The van der Waals surface area contributed by atoms with Crippen molar-refractivity contribution in [3.05, 3.63) is 35.7 Å². The minimum atomic E-state index is -0.311. The average Bonchev–Trinajstić information content (AvgIpc) is 2.89. The highest BCUT2D eigenvalue weighted by Crippen LogP contribution is 2.22. The molecule has 2 aromatic rings. The summed E-state index contributed by atoms with van der Waals surface area (Å²) in [6.07, 6.45) is 1.03. The molecule has 0 spiro atoms. The fraction of sp³-hybridized carbons (Fsp3) is 0.429. The Morgan fingerprint density at radius 3 is 2.44 bits per heavy atom. The fourth-order valence-corrected chi connectivity index (χ4v) is 1.59. The maximum Gasteiger partial charge on any atom is 0.246 e. The quantitative estimate of drug-likeness (QED) is 0.899. The zero-order valence-corrected chi connectivity index (χ0v) is 11.3. The smallest absolute Gasteiger partial charge is 0.246 e. The number of aromatic nitrogens is 2. The molecular weight excluding hydrogens is 226 g/mol. The predicted molar refractivity (Wildman–Crippen MR) is 71.2 cm³/mol. The van der Waals surface area contributed by atoms with E-state index in [1.807, 2.05) is 33.0 Å². The summed E-state index contributed by atoms with van der Waals surface area (Å²) in [5.74, 6) is 1.23. The molecule has 0 amide bonds. The average molecular weight is 245 g/mol. The van der Waals surface area contributed by atoms with Gasteiger partial charge >= 0.3 is 0 Å². The molecule has 4 heteroatoms. The summed E-state index contributed by atoms with van der Waals surface area (Å²) < 4.78 is 5.31.